The van der Waals surface area contributed by atoms with Crippen LogP contribution in [0.25, 0.3) is 22.0 Å². The number of fused-ring (bicyclic) bond motifs is 2. The molecule has 1 nitrogen and oxygen atoms in total. The first kappa shape index (κ1) is 15.2. The number of aryl methyl sites for hydroxylation is 2. The topological polar surface area (TPSA) is 12.9 Å². The molecule has 2 aliphatic rings. The molecular weight excluding hydrogens is 301 g/mol. The second kappa shape index (κ2) is 6.02. The number of hydrogen-bond acceptors (Lipinski definition) is 1. The summed E-state index contributed by atoms with van der Waals surface area (Å²) >= 11 is 0. The van der Waals surface area contributed by atoms with Crippen molar-refractivity contribution in [1.82, 2.24) is 4.98 Å². The Balaban J connectivity index is 1.65. The Labute approximate surface area is 150 Å². The van der Waals surface area contributed by atoms with Gasteiger partial charge in [0.1, 0.15) is 0 Å². The quantitative estimate of drug-likeness (QED) is 0.640. The molecule has 0 radical (unpaired) electrons. The first-order valence-corrected chi connectivity index (χ1v) is 9.81. The molecule has 0 N–H and O–H groups in total. The number of hydrogen-bond donors (Lipinski definition) is 0. The normalized spacial score (nSPS) is 17.3. The molecule has 1 aromatic heterocycles. The number of aromatic nitrogens is 1. The lowest BCUT2D eigenvalue weighted by atomic mass is 9.91. The van der Waals surface area contributed by atoms with Gasteiger partial charge in [-0.2, -0.15) is 0 Å². The third-order valence-electron chi connectivity index (χ3n) is 6.18. The van der Waals surface area contributed by atoms with Crippen molar-refractivity contribution in [3.8, 4) is 11.3 Å². The average Bonchev–Trinajstić information content (AvgIpc) is 3.31. The van der Waals surface area contributed by atoms with E-state index in [1.54, 1.807) is 0 Å². The van der Waals surface area contributed by atoms with Crippen LogP contribution >= 0.6 is 0 Å². The van der Waals surface area contributed by atoms with Crippen molar-refractivity contribution in [1.29, 1.82) is 0 Å². The Morgan fingerprint density at radius 2 is 1.68 bits per heavy atom. The van der Waals surface area contributed by atoms with E-state index >= 15 is 0 Å². The molecule has 1 saturated carbocycles. The molecule has 2 heteroatoms. The highest BCUT2D eigenvalue weighted by molar-refractivity contribution is 6.32. The van der Waals surface area contributed by atoms with E-state index in [4.69, 9.17) is 4.98 Å². The van der Waals surface area contributed by atoms with Gasteiger partial charge >= 0.3 is 0 Å². The van der Waals surface area contributed by atoms with Gasteiger partial charge in [0.25, 0.3) is 0 Å². The zero-order valence-corrected chi connectivity index (χ0v) is 15.0. The summed E-state index contributed by atoms with van der Waals surface area (Å²) in [5, 5.41) is 2.65. The molecule has 2 aliphatic carbocycles. The number of benzene rings is 2. The molecule has 1 heterocycles. The molecule has 25 heavy (non-hydrogen) atoms. The van der Waals surface area contributed by atoms with E-state index in [0.29, 0.717) is 0 Å². The lowest BCUT2D eigenvalue weighted by Gasteiger charge is -2.14. The first-order valence-electron chi connectivity index (χ1n) is 9.81. The molecule has 0 amide bonds. The summed E-state index contributed by atoms with van der Waals surface area (Å²) in [6, 6.07) is 16.3. The van der Waals surface area contributed by atoms with Crippen molar-refractivity contribution in [2.45, 2.75) is 50.9 Å². The molecule has 0 atom stereocenters. The Morgan fingerprint density at radius 1 is 0.840 bits per heavy atom. The highest BCUT2D eigenvalue weighted by atomic mass is 14.7. The summed E-state index contributed by atoms with van der Waals surface area (Å²) in [5.74, 6) is 0.765. The van der Waals surface area contributed by atoms with E-state index in [9.17, 15) is 0 Å². The van der Waals surface area contributed by atoms with Gasteiger partial charge in [0.15, 0.2) is 7.85 Å². The van der Waals surface area contributed by atoms with Gasteiger partial charge in [0.05, 0.1) is 5.69 Å². The van der Waals surface area contributed by atoms with Crippen LogP contribution < -0.4 is 5.59 Å². The minimum Gasteiger partial charge on any atom is -0.263 e. The molecule has 0 aliphatic heterocycles. The van der Waals surface area contributed by atoms with Gasteiger partial charge < -0.3 is 0 Å². The van der Waals surface area contributed by atoms with Crippen LogP contribution in [0.2, 0.25) is 0 Å². The van der Waals surface area contributed by atoms with Gasteiger partial charge in [0.2, 0.25) is 0 Å². The van der Waals surface area contributed by atoms with E-state index in [1.165, 1.54) is 78.0 Å². The molecule has 0 bridgehead atoms. The summed E-state index contributed by atoms with van der Waals surface area (Å²) < 4.78 is 0. The van der Waals surface area contributed by atoms with Crippen molar-refractivity contribution in [3.05, 3.63) is 59.2 Å². The largest absolute Gasteiger partial charge is 0.263 e. The van der Waals surface area contributed by atoms with E-state index in [-0.39, 0.29) is 0 Å². The van der Waals surface area contributed by atoms with Crippen LogP contribution in [0.5, 0.6) is 0 Å². The smallest absolute Gasteiger partial charge is 0.163 e. The summed E-state index contributed by atoms with van der Waals surface area (Å²) in [7, 11) is 2.12. The molecule has 1 fully saturated rings. The van der Waals surface area contributed by atoms with Crippen molar-refractivity contribution in [2.75, 3.05) is 0 Å². The molecular formula is C23H24BN. The van der Waals surface area contributed by atoms with Crippen LogP contribution in [0.1, 0.15) is 54.7 Å². The van der Waals surface area contributed by atoms with E-state index in [1.807, 2.05) is 0 Å². The van der Waals surface area contributed by atoms with Gasteiger partial charge in [-0.25, -0.2) is 0 Å². The third kappa shape index (κ3) is 2.68. The second-order valence-corrected chi connectivity index (χ2v) is 7.91. The van der Waals surface area contributed by atoms with E-state index in [0.717, 1.165) is 17.2 Å². The molecule has 0 saturated heterocycles. The molecule has 0 unspecified atom stereocenters. The minimum absolute atomic E-state index is 0.765. The van der Waals surface area contributed by atoms with Crippen LogP contribution in [-0.2, 0) is 12.8 Å². The Kier molecular flexibility index (Phi) is 3.66. The van der Waals surface area contributed by atoms with Crippen molar-refractivity contribution < 1.29 is 0 Å². The molecule has 3 aromatic rings. The predicted molar refractivity (Wildman–Crippen MR) is 109 cm³/mol. The van der Waals surface area contributed by atoms with Crippen molar-refractivity contribution >= 4 is 24.2 Å². The monoisotopic (exact) mass is 325 g/mol. The third-order valence-corrected chi connectivity index (χ3v) is 6.18. The fraction of sp³-hybridized carbons (Fsp3) is 0.348. The minimum atomic E-state index is 0.765. The fourth-order valence-electron chi connectivity index (χ4n) is 4.86. The maximum Gasteiger partial charge on any atom is 0.163 e. The van der Waals surface area contributed by atoms with Crippen LogP contribution in [0.3, 0.4) is 0 Å². The summed E-state index contributed by atoms with van der Waals surface area (Å²) in [4.78, 5) is 4.92. The Morgan fingerprint density at radius 3 is 2.56 bits per heavy atom. The van der Waals surface area contributed by atoms with E-state index in [2.05, 4.69) is 50.3 Å². The number of nitrogens with zero attached hydrogens (tertiary/aromatic N) is 1. The summed E-state index contributed by atoms with van der Waals surface area (Å²) in [6.45, 7) is 0. The maximum atomic E-state index is 4.92. The molecule has 2 aromatic carbocycles. The molecule has 124 valence electrons. The van der Waals surface area contributed by atoms with Crippen LogP contribution in [0.15, 0.2) is 42.5 Å². The summed E-state index contributed by atoms with van der Waals surface area (Å²) in [5.41, 5.74) is 8.13. The highest BCUT2D eigenvalue weighted by Gasteiger charge is 2.18. The Bertz CT molecular complexity index is 954. The van der Waals surface area contributed by atoms with Gasteiger partial charge in [-0.1, -0.05) is 43.2 Å². The zero-order chi connectivity index (χ0) is 16.8. The summed E-state index contributed by atoms with van der Waals surface area (Å²) in [6.07, 6.45) is 9.24. The number of rotatable bonds is 2. The zero-order valence-electron chi connectivity index (χ0n) is 15.0. The first-order chi connectivity index (χ1) is 12.3. The predicted octanol–water partition coefficient (Wildman–Crippen LogP) is 4.31. The van der Waals surface area contributed by atoms with E-state index < -0.39 is 0 Å². The van der Waals surface area contributed by atoms with Gasteiger partial charge in [-0.15, -0.1) is 0 Å². The second-order valence-electron chi connectivity index (χ2n) is 7.91. The molecule has 0 spiro atoms. The van der Waals surface area contributed by atoms with Crippen molar-refractivity contribution in [3.63, 3.8) is 0 Å². The van der Waals surface area contributed by atoms with Crippen molar-refractivity contribution in [2.24, 2.45) is 0 Å². The SMILES string of the molecule is Bc1cc2cc(C3CCCC3)ccc2c(-c2ccc3c(c2)CCC3)n1. The van der Waals surface area contributed by atoms with Gasteiger partial charge in [-0.05, 0) is 77.8 Å². The van der Waals surface area contributed by atoms with Crippen LogP contribution in [0, 0.1) is 0 Å². The maximum absolute atomic E-state index is 4.92. The fourth-order valence-corrected chi connectivity index (χ4v) is 4.86. The standard InChI is InChI=1S/C23H24BN/c24-22-14-20-13-18(15-4-1-2-5-15)10-11-21(20)23(25-22)19-9-8-16-6-3-7-17(16)12-19/h8-15H,1-7,24H2. The van der Waals surface area contributed by atoms with Crippen LogP contribution in [-0.4, -0.2) is 12.8 Å². The number of pyridine rings is 1. The molecule has 5 rings (SSSR count). The highest BCUT2D eigenvalue weighted by Crippen LogP contribution is 2.37. The van der Waals surface area contributed by atoms with Gasteiger partial charge in [-0.3, -0.25) is 4.98 Å². The average molecular weight is 325 g/mol. The van der Waals surface area contributed by atoms with Gasteiger partial charge in [0, 0.05) is 10.9 Å². The Hall–Kier alpha value is -2.09. The lowest BCUT2D eigenvalue weighted by molar-refractivity contribution is 0.724. The van der Waals surface area contributed by atoms with Crippen LogP contribution in [0.4, 0.5) is 0 Å². The lowest BCUT2D eigenvalue weighted by Crippen LogP contribution is -2.09.